The smallest absolute Gasteiger partial charge is 0.326 e. The molecule has 18 heavy (non-hydrogen) atoms. The molecule has 96 valence electrons. The van der Waals surface area contributed by atoms with E-state index in [-0.39, 0.29) is 24.6 Å². The number of carboxylic acids is 1. The average Bonchev–Trinajstić information content (AvgIpc) is 2.71. The lowest BCUT2D eigenvalue weighted by Crippen LogP contribution is -2.40. The van der Waals surface area contributed by atoms with Crippen molar-refractivity contribution in [1.29, 1.82) is 0 Å². The van der Waals surface area contributed by atoms with E-state index >= 15 is 0 Å². The molecule has 1 heterocycles. The number of benzene rings is 1. The van der Waals surface area contributed by atoms with Crippen molar-refractivity contribution in [2.75, 3.05) is 6.54 Å². The summed E-state index contributed by atoms with van der Waals surface area (Å²) in [6, 6.07) is 3.76. The van der Waals surface area contributed by atoms with Gasteiger partial charge < -0.3 is 15.7 Å². The molecule has 2 atom stereocenters. The highest BCUT2D eigenvalue weighted by Gasteiger charge is 2.38. The van der Waals surface area contributed by atoms with Gasteiger partial charge in [-0.2, -0.15) is 0 Å². The lowest BCUT2D eigenvalue weighted by atomic mass is 10.1. The third kappa shape index (κ3) is 2.33. The van der Waals surface area contributed by atoms with Crippen LogP contribution in [0.1, 0.15) is 16.8 Å². The number of carbonyl (C=O) groups is 2. The van der Waals surface area contributed by atoms with Crippen LogP contribution in [-0.4, -0.2) is 40.5 Å². The summed E-state index contributed by atoms with van der Waals surface area (Å²) in [5, 5.41) is 9.03. The van der Waals surface area contributed by atoms with Crippen molar-refractivity contribution >= 4 is 11.9 Å². The number of halogens is 1. The normalized spacial score (nSPS) is 23.1. The van der Waals surface area contributed by atoms with E-state index in [9.17, 15) is 14.0 Å². The molecule has 1 aromatic carbocycles. The molecule has 1 saturated heterocycles. The summed E-state index contributed by atoms with van der Waals surface area (Å²) >= 11 is 0. The molecule has 0 aliphatic carbocycles. The Morgan fingerprint density at radius 2 is 1.94 bits per heavy atom. The van der Waals surface area contributed by atoms with Gasteiger partial charge >= 0.3 is 5.97 Å². The minimum atomic E-state index is -1.07. The van der Waals surface area contributed by atoms with Crippen molar-refractivity contribution in [3.05, 3.63) is 35.6 Å². The molecule has 1 amide bonds. The second-order valence-electron chi connectivity index (χ2n) is 4.31. The minimum absolute atomic E-state index is 0.202. The first-order chi connectivity index (χ1) is 8.49. The van der Waals surface area contributed by atoms with Gasteiger partial charge in [0, 0.05) is 18.2 Å². The van der Waals surface area contributed by atoms with Crippen molar-refractivity contribution in [1.82, 2.24) is 4.90 Å². The second kappa shape index (κ2) is 4.73. The number of nitrogens with zero attached hydrogens (tertiary/aromatic N) is 1. The maximum Gasteiger partial charge on any atom is 0.326 e. The van der Waals surface area contributed by atoms with Crippen LogP contribution in [0.3, 0.4) is 0 Å². The molecule has 0 aromatic heterocycles. The number of hydrogen-bond donors (Lipinski definition) is 2. The molecule has 1 fully saturated rings. The number of rotatable bonds is 2. The molecule has 1 aromatic rings. The number of carboxylic acid groups (broad SMARTS) is 1. The zero-order chi connectivity index (χ0) is 13.3. The summed E-state index contributed by atoms with van der Waals surface area (Å²) < 4.78 is 12.8. The summed E-state index contributed by atoms with van der Waals surface area (Å²) in [5.41, 5.74) is 5.94. The molecule has 0 spiro atoms. The quantitative estimate of drug-likeness (QED) is 0.800. The third-order valence-corrected chi connectivity index (χ3v) is 2.97. The maximum absolute atomic E-state index is 12.8. The van der Waals surface area contributed by atoms with E-state index in [0.717, 1.165) is 0 Å². The van der Waals surface area contributed by atoms with Crippen LogP contribution in [0.15, 0.2) is 24.3 Å². The Balaban J connectivity index is 2.22. The van der Waals surface area contributed by atoms with Crippen LogP contribution in [0.2, 0.25) is 0 Å². The van der Waals surface area contributed by atoms with Gasteiger partial charge in [0.2, 0.25) is 0 Å². The van der Waals surface area contributed by atoms with Crippen LogP contribution in [0.25, 0.3) is 0 Å². The lowest BCUT2D eigenvalue weighted by molar-refractivity contribution is -0.141. The van der Waals surface area contributed by atoms with Gasteiger partial charge in [-0.1, -0.05) is 0 Å². The van der Waals surface area contributed by atoms with Crippen LogP contribution >= 0.6 is 0 Å². The Bertz CT molecular complexity index is 475. The molecular formula is C12H13FN2O3. The summed E-state index contributed by atoms with van der Waals surface area (Å²) in [4.78, 5) is 24.4. The van der Waals surface area contributed by atoms with Crippen LogP contribution in [0.4, 0.5) is 4.39 Å². The van der Waals surface area contributed by atoms with Gasteiger partial charge in [-0.3, -0.25) is 4.79 Å². The predicted octanol–water partition coefficient (Wildman–Crippen LogP) is 0.452. The van der Waals surface area contributed by atoms with Gasteiger partial charge in [-0.15, -0.1) is 0 Å². The standard InChI is InChI=1S/C12H13FN2O3/c13-8-3-1-7(2-4-8)11(16)15-6-9(14)5-10(15)12(17)18/h1-4,9-10H,5-6,14H2,(H,17,18). The molecule has 2 unspecified atom stereocenters. The summed E-state index contributed by atoms with van der Waals surface area (Å²) in [6.07, 6.45) is 0.238. The van der Waals surface area contributed by atoms with E-state index < -0.39 is 23.7 Å². The number of likely N-dealkylation sites (tertiary alicyclic amines) is 1. The maximum atomic E-state index is 12.8. The number of carbonyl (C=O) groups excluding carboxylic acids is 1. The van der Waals surface area contributed by atoms with Crippen LogP contribution in [-0.2, 0) is 4.79 Å². The topological polar surface area (TPSA) is 83.6 Å². The molecule has 6 heteroatoms. The van der Waals surface area contributed by atoms with Crippen LogP contribution in [0, 0.1) is 5.82 Å². The van der Waals surface area contributed by atoms with Crippen molar-refractivity contribution in [3.63, 3.8) is 0 Å². The molecule has 0 radical (unpaired) electrons. The van der Waals surface area contributed by atoms with Gasteiger partial charge in [0.15, 0.2) is 0 Å². The highest BCUT2D eigenvalue weighted by Crippen LogP contribution is 2.20. The molecular weight excluding hydrogens is 239 g/mol. The van der Waals surface area contributed by atoms with Crippen molar-refractivity contribution in [2.45, 2.75) is 18.5 Å². The second-order valence-corrected chi connectivity index (χ2v) is 4.31. The minimum Gasteiger partial charge on any atom is -0.480 e. The SMILES string of the molecule is NC1CC(C(=O)O)N(C(=O)c2ccc(F)cc2)C1. The molecule has 2 rings (SSSR count). The molecule has 0 bridgehead atoms. The number of amides is 1. The number of aliphatic carboxylic acids is 1. The predicted molar refractivity (Wildman–Crippen MR) is 61.5 cm³/mol. The van der Waals surface area contributed by atoms with Gasteiger partial charge in [-0.05, 0) is 30.7 Å². The first-order valence-corrected chi connectivity index (χ1v) is 5.54. The van der Waals surface area contributed by atoms with E-state index in [4.69, 9.17) is 10.8 Å². The first-order valence-electron chi connectivity index (χ1n) is 5.54. The van der Waals surface area contributed by atoms with Gasteiger partial charge in [0.05, 0.1) is 0 Å². The van der Waals surface area contributed by atoms with Crippen LogP contribution < -0.4 is 5.73 Å². The fraction of sp³-hybridized carbons (Fsp3) is 0.333. The fourth-order valence-corrected chi connectivity index (χ4v) is 2.09. The van der Waals surface area contributed by atoms with Gasteiger partial charge in [-0.25, -0.2) is 9.18 Å². The highest BCUT2D eigenvalue weighted by molar-refractivity contribution is 5.97. The van der Waals surface area contributed by atoms with Gasteiger partial charge in [0.25, 0.3) is 5.91 Å². The summed E-state index contributed by atoms with van der Waals surface area (Å²) in [5.74, 6) is -1.95. The molecule has 3 N–H and O–H groups in total. The Morgan fingerprint density at radius 1 is 1.33 bits per heavy atom. The van der Waals surface area contributed by atoms with E-state index in [1.165, 1.54) is 29.2 Å². The van der Waals surface area contributed by atoms with Crippen LogP contribution in [0.5, 0.6) is 0 Å². The summed E-state index contributed by atoms with van der Waals surface area (Å²) in [6.45, 7) is 0.202. The zero-order valence-electron chi connectivity index (χ0n) is 9.54. The monoisotopic (exact) mass is 252 g/mol. The van der Waals surface area contributed by atoms with E-state index in [1.807, 2.05) is 0 Å². The third-order valence-electron chi connectivity index (χ3n) is 2.97. The largest absolute Gasteiger partial charge is 0.480 e. The average molecular weight is 252 g/mol. The molecule has 5 nitrogen and oxygen atoms in total. The van der Waals surface area contributed by atoms with Gasteiger partial charge in [0.1, 0.15) is 11.9 Å². The van der Waals surface area contributed by atoms with E-state index in [1.54, 1.807) is 0 Å². The Kier molecular flexibility index (Phi) is 3.29. The van der Waals surface area contributed by atoms with E-state index in [0.29, 0.717) is 0 Å². The van der Waals surface area contributed by atoms with Crippen molar-refractivity contribution < 1.29 is 19.1 Å². The Morgan fingerprint density at radius 3 is 2.50 bits per heavy atom. The zero-order valence-corrected chi connectivity index (χ0v) is 9.54. The number of hydrogen-bond acceptors (Lipinski definition) is 3. The summed E-state index contributed by atoms with van der Waals surface area (Å²) in [7, 11) is 0. The van der Waals surface area contributed by atoms with Crippen molar-refractivity contribution in [3.8, 4) is 0 Å². The Labute approximate surface area is 103 Å². The fourth-order valence-electron chi connectivity index (χ4n) is 2.09. The Hall–Kier alpha value is -1.95. The first kappa shape index (κ1) is 12.5. The molecule has 1 aliphatic rings. The number of nitrogens with two attached hydrogens (primary N) is 1. The lowest BCUT2D eigenvalue weighted by Gasteiger charge is -2.21. The highest BCUT2D eigenvalue weighted by atomic mass is 19.1. The molecule has 0 saturated carbocycles. The van der Waals surface area contributed by atoms with Crippen molar-refractivity contribution in [2.24, 2.45) is 5.73 Å². The van der Waals surface area contributed by atoms with E-state index in [2.05, 4.69) is 0 Å². The molecule has 1 aliphatic heterocycles.